The molecule has 0 spiro atoms. The third-order valence-corrected chi connectivity index (χ3v) is 1.83. The Balaban J connectivity index is 2.33. The van der Waals surface area contributed by atoms with Crippen molar-refractivity contribution in [2.24, 2.45) is 0 Å². The van der Waals surface area contributed by atoms with Crippen LogP contribution in [0.15, 0.2) is 35.0 Å². The van der Waals surface area contributed by atoms with Crippen LogP contribution in [0.3, 0.4) is 0 Å². The van der Waals surface area contributed by atoms with E-state index in [1.165, 1.54) is 10.9 Å². The Kier molecular flexibility index (Phi) is 2.16. The Morgan fingerprint density at radius 3 is 2.57 bits per heavy atom. The number of benzene rings is 1. The van der Waals surface area contributed by atoms with Crippen molar-refractivity contribution >= 4 is 0 Å². The molecule has 0 aliphatic carbocycles. The van der Waals surface area contributed by atoms with Gasteiger partial charge in [-0.2, -0.15) is 0 Å². The van der Waals surface area contributed by atoms with Gasteiger partial charge >= 0.3 is 0 Å². The summed E-state index contributed by atoms with van der Waals surface area (Å²) in [6.45, 7) is -0.00341. The van der Waals surface area contributed by atoms with Crippen molar-refractivity contribution < 1.29 is 19.4 Å². The van der Waals surface area contributed by atoms with Crippen LogP contribution in [-0.2, 0) is 6.61 Å². The Labute approximate surface area is 79.8 Å². The van der Waals surface area contributed by atoms with Gasteiger partial charge in [0.2, 0.25) is 11.9 Å². The number of rotatable bonds is 2. The maximum atomic E-state index is 10.7. The van der Waals surface area contributed by atoms with Crippen LogP contribution in [0.2, 0.25) is 0 Å². The van der Waals surface area contributed by atoms with Gasteiger partial charge in [-0.1, -0.05) is 12.1 Å². The molecule has 2 aromatic rings. The van der Waals surface area contributed by atoms with Gasteiger partial charge in [-0.25, -0.2) is 0 Å². The van der Waals surface area contributed by atoms with Crippen LogP contribution in [0.4, 0.5) is 0 Å². The molecule has 0 radical (unpaired) electrons. The van der Waals surface area contributed by atoms with Crippen LogP contribution in [0.25, 0.3) is 5.69 Å². The van der Waals surface area contributed by atoms with Crippen LogP contribution in [0.5, 0.6) is 5.95 Å². The van der Waals surface area contributed by atoms with E-state index in [0.717, 1.165) is 5.56 Å². The summed E-state index contributed by atoms with van der Waals surface area (Å²) in [5.41, 5.74) is 1.52. The summed E-state index contributed by atoms with van der Waals surface area (Å²) in [7, 11) is 0. The van der Waals surface area contributed by atoms with Gasteiger partial charge in [0, 0.05) is 12.1 Å². The topological polar surface area (TPSA) is 73.2 Å². The first-order valence-corrected chi connectivity index (χ1v) is 4.05. The average molecular weight is 192 g/mol. The zero-order chi connectivity index (χ0) is 9.97. The molecular weight excluding hydrogens is 184 g/mol. The largest absolute Gasteiger partial charge is 0.539 e. The van der Waals surface area contributed by atoms with E-state index in [0.29, 0.717) is 5.69 Å². The van der Waals surface area contributed by atoms with E-state index in [1.54, 1.807) is 24.3 Å². The molecule has 1 heterocycles. The second-order valence-corrected chi connectivity index (χ2v) is 2.79. The Hall–Kier alpha value is -1.88. The van der Waals surface area contributed by atoms with E-state index in [9.17, 15) is 5.11 Å². The zero-order valence-electron chi connectivity index (χ0n) is 7.25. The first-order chi connectivity index (χ1) is 6.79. The molecule has 1 aromatic carbocycles. The van der Waals surface area contributed by atoms with Crippen molar-refractivity contribution in [1.29, 1.82) is 0 Å². The van der Waals surface area contributed by atoms with Gasteiger partial charge in [-0.05, 0) is 10.2 Å². The summed E-state index contributed by atoms with van der Waals surface area (Å²) < 4.78 is 5.72. The Morgan fingerprint density at radius 1 is 1.36 bits per heavy atom. The minimum atomic E-state index is -0.490. The molecule has 14 heavy (non-hydrogen) atoms. The SMILES string of the molecule is [O-]c1c[n+](-c2ccc(CO)cc2)no1. The van der Waals surface area contributed by atoms with Gasteiger partial charge in [0.05, 0.1) is 11.9 Å². The van der Waals surface area contributed by atoms with Crippen LogP contribution in [0.1, 0.15) is 5.56 Å². The van der Waals surface area contributed by atoms with E-state index in [4.69, 9.17) is 5.11 Å². The predicted molar refractivity (Wildman–Crippen MR) is 43.4 cm³/mol. The van der Waals surface area contributed by atoms with Gasteiger partial charge in [0.15, 0.2) is 0 Å². The summed E-state index contributed by atoms with van der Waals surface area (Å²) >= 11 is 0. The minimum absolute atomic E-state index is 0.00341. The van der Waals surface area contributed by atoms with Crippen LogP contribution < -0.4 is 9.79 Å². The quantitative estimate of drug-likeness (QED) is 0.652. The fraction of sp³-hybridized carbons (Fsp3) is 0.111. The normalized spacial score (nSPS) is 10.4. The molecule has 72 valence electrons. The fourth-order valence-electron chi connectivity index (χ4n) is 1.11. The van der Waals surface area contributed by atoms with Gasteiger partial charge in [0.1, 0.15) is 5.95 Å². The lowest BCUT2D eigenvalue weighted by Gasteiger charge is -1.93. The summed E-state index contributed by atoms with van der Waals surface area (Å²) in [5, 5.41) is 23.0. The van der Waals surface area contributed by atoms with E-state index < -0.39 is 5.95 Å². The number of nitrogens with zero attached hydrogens (tertiary/aromatic N) is 2. The molecule has 0 unspecified atom stereocenters. The third kappa shape index (κ3) is 1.57. The number of aliphatic hydroxyl groups excluding tert-OH is 1. The maximum absolute atomic E-state index is 10.7. The summed E-state index contributed by atoms with van der Waals surface area (Å²) in [4.78, 5) is 0. The van der Waals surface area contributed by atoms with E-state index in [-0.39, 0.29) is 6.61 Å². The summed E-state index contributed by atoms with van der Waals surface area (Å²) in [6, 6.07) is 6.99. The van der Waals surface area contributed by atoms with Gasteiger partial charge in [-0.3, -0.25) is 0 Å². The van der Waals surface area contributed by atoms with Crippen LogP contribution >= 0.6 is 0 Å². The van der Waals surface area contributed by atoms with Crippen molar-refractivity contribution in [2.45, 2.75) is 6.61 Å². The standard InChI is InChI=1S/C9H8N2O3/c12-6-7-1-3-8(4-2-7)11-5-9(13)14-10-11/h1-5,12H,6H2. The van der Waals surface area contributed by atoms with E-state index in [1.807, 2.05) is 0 Å². The third-order valence-electron chi connectivity index (χ3n) is 1.83. The highest BCUT2D eigenvalue weighted by molar-refractivity contribution is 5.26. The van der Waals surface area contributed by atoms with E-state index in [2.05, 4.69) is 9.79 Å². The lowest BCUT2D eigenvalue weighted by molar-refractivity contribution is -0.670. The number of aliphatic hydroxyl groups is 1. The molecule has 5 heteroatoms. The van der Waals surface area contributed by atoms with Crippen molar-refractivity contribution in [3.8, 4) is 11.6 Å². The molecule has 0 atom stereocenters. The minimum Gasteiger partial charge on any atom is -0.539 e. The van der Waals surface area contributed by atoms with Gasteiger partial charge in [-0.15, -0.1) is 0 Å². The van der Waals surface area contributed by atoms with Crippen LogP contribution in [-0.4, -0.2) is 10.4 Å². The zero-order valence-corrected chi connectivity index (χ0v) is 7.25. The monoisotopic (exact) mass is 192 g/mol. The van der Waals surface area contributed by atoms with Gasteiger partial charge in [0.25, 0.3) is 0 Å². The smallest absolute Gasteiger partial charge is 0.239 e. The maximum Gasteiger partial charge on any atom is 0.239 e. The van der Waals surface area contributed by atoms with Crippen molar-refractivity contribution in [1.82, 2.24) is 5.27 Å². The molecule has 2 rings (SSSR count). The van der Waals surface area contributed by atoms with E-state index >= 15 is 0 Å². The molecule has 1 N–H and O–H groups in total. The van der Waals surface area contributed by atoms with Crippen molar-refractivity contribution in [3.05, 3.63) is 36.0 Å². The lowest BCUT2D eigenvalue weighted by atomic mass is 10.2. The fourth-order valence-corrected chi connectivity index (χ4v) is 1.11. The highest BCUT2D eigenvalue weighted by Gasteiger charge is 2.07. The molecule has 0 bridgehead atoms. The molecular formula is C9H8N2O3. The molecule has 0 aliphatic heterocycles. The molecule has 0 fully saturated rings. The summed E-state index contributed by atoms with van der Waals surface area (Å²) in [6.07, 6.45) is 1.24. The predicted octanol–water partition coefficient (Wildman–Crippen LogP) is -0.483. The first kappa shape index (κ1) is 8.71. The lowest BCUT2D eigenvalue weighted by Crippen LogP contribution is -2.31. The number of hydrogen-bond acceptors (Lipinski definition) is 4. The molecule has 0 amide bonds. The Morgan fingerprint density at radius 2 is 2.07 bits per heavy atom. The molecule has 0 aliphatic rings. The van der Waals surface area contributed by atoms with Crippen molar-refractivity contribution in [3.63, 3.8) is 0 Å². The second-order valence-electron chi connectivity index (χ2n) is 2.79. The summed E-state index contributed by atoms with van der Waals surface area (Å²) in [5.74, 6) is -0.490. The molecule has 5 nitrogen and oxygen atoms in total. The number of aromatic nitrogens is 2. The van der Waals surface area contributed by atoms with Crippen molar-refractivity contribution in [2.75, 3.05) is 0 Å². The number of hydrogen-bond donors (Lipinski definition) is 1. The van der Waals surface area contributed by atoms with Crippen LogP contribution in [0, 0.1) is 0 Å². The van der Waals surface area contributed by atoms with Gasteiger partial charge < -0.3 is 14.7 Å². The second kappa shape index (κ2) is 3.47. The average Bonchev–Trinajstić information content (AvgIpc) is 2.65. The first-order valence-electron chi connectivity index (χ1n) is 4.05. The Bertz CT molecular complexity index is 422. The molecule has 0 saturated carbocycles. The highest BCUT2D eigenvalue weighted by atomic mass is 16.6. The highest BCUT2D eigenvalue weighted by Crippen LogP contribution is 2.04. The molecule has 1 aromatic heterocycles. The molecule has 0 saturated heterocycles.